The first-order valence-corrected chi connectivity index (χ1v) is 10.9. The molecule has 0 saturated heterocycles. The van der Waals surface area contributed by atoms with Gasteiger partial charge in [-0.3, -0.25) is 4.68 Å². The van der Waals surface area contributed by atoms with Crippen LogP contribution in [0.15, 0.2) is 34.8 Å². The number of halogens is 1. The zero-order chi connectivity index (χ0) is 17.8. The third-order valence-electron chi connectivity index (χ3n) is 7.33. The Morgan fingerprint density at radius 2 is 1.85 bits per heavy atom. The summed E-state index contributed by atoms with van der Waals surface area (Å²) >= 11 is 3.57. The van der Waals surface area contributed by atoms with E-state index >= 15 is 0 Å². The molecule has 4 fully saturated rings. The van der Waals surface area contributed by atoms with E-state index in [1.54, 1.807) is 0 Å². The molecule has 26 heavy (non-hydrogen) atoms. The van der Waals surface area contributed by atoms with Crippen molar-refractivity contribution in [3.8, 4) is 0 Å². The largest absolute Gasteiger partial charge is 0.384 e. The SMILES string of the molecule is Cn1nc(C2CC2)cc1C12CCC(CNc3cccc(Br)c3)(CC1)CC2. The lowest BCUT2D eigenvalue weighted by Gasteiger charge is -2.53. The second-order valence-corrected chi connectivity index (χ2v) is 9.91. The van der Waals surface area contributed by atoms with Crippen LogP contribution in [0, 0.1) is 5.41 Å². The van der Waals surface area contributed by atoms with Crippen molar-refractivity contribution in [2.24, 2.45) is 12.5 Å². The number of hydrogen-bond acceptors (Lipinski definition) is 2. The molecule has 0 aliphatic heterocycles. The van der Waals surface area contributed by atoms with Gasteiger partial charge in [0.1, 0.15) is 0 Å². The fourth-order valence-electron chi connectivity index (χ4n) is 5.37. The molecule has 1 N–H and O–H groups in total. The number of aromatic nitrogens is 2. The molecule has 1 heterocycles. The van der Waals surface area contributed by atoms with E-state index in [4.69, 9.17) is 5.10 Å². The summed E-state index contributed by atoms with van der Waals surface area (Å²) in [6, 6.07) is 11.0. The van der Waals surface area contributed by atoms with E-state index < -0.39 is 0 Å². The third-order valence-corrected chi connectivity index (χ3v) is 7.82. The van der Waals surface area contributed by atoms with Crippen LogP contribution < -0.4 is 5.32 Å². The minimum Gasteiger partial charge on any atom is -0.384 e. The van der Waals surface area contributed by atoms with Crippen LogP contribution in [0.1, 0.15) is 68.7 Å². The van der Waals surface area contributed by atoms with Crippen molar-refractivity contribution in [3.05, 3.63) is 46.2 Å². The first-order valence-electron chi connectivity index (χ1n) is 10.1. The Labute approximate surface area is 164 Å². The highest BCUT2D eigenvalue weighted by Crippen LogP contribution is 2.58. The Hall–Kier alpha value is -1.29. The van der Waals surface area contributed by atoms with Crippen molar-refractivity contribution in [2.45, 2.75) is 62.7 Å². The second kappa shape index (κ2) is 6.12. The molecule has 2 aromatic rings. The maximum absolute atomic E-state index is 4.86. The molecule has 4 aliphatic carbocycles. The molecule has 1 aromatic heterocycles. The van der Waals surface area contributed by atoms with Gasteiger partial charge in [0.05, 0.1) is 5.69 Å². The zero-order valence-electron chi connectivity index (χ0n) is 15.6. The van der Waals surface area contributed by atoms with E-state index in [0.29, 0.717) is 10.8 Å². The molecule has 4 aliphatic rings. The van der Waals surface area contributed by atoms with Crippen LogP contribution in [0.3, 0.4) is 0 Å². The van der Waals surface area contributed by atoms with Crippen LogP contribution in [0.25, 0.3) is 0 Å². The van der Waals surface area contributed by atoms with Crippen molar-refractivity contribution in [3.63, 3.8) is 0 Å². The van der Waals surface area contributed by atoms with E-state index in [0.717, 1.165) is 16.9 Å². The molecule has 0 radical (unpaired) electrons. The first kappa shape index (κ1) is 16.9. The van der Waals surface area contributed by atoms with Crippen molar-refractivity contribution in [1.29, 1.82) is 0 Å². The summed E-state index contributed by atoms with van der Waals surface area (Å²) in [5.41, 5.74) is 4.99. The lowest BCUT2D eigenvalue weighted by molar-refractivity contribution is 0.0462. The van der Waals surface area contributed by atoms with Gasteiger partial charge in [0.2, 0.25) is 0 Å². The van der Waals surface area contributed by atoms with E-state index in [2.05, 4.69) is 63.3 Å². The maximum Gasteiger partial charge on any atom is 0.0658 e. The molecule has 2 bridgehead atoms. The van der Waals surface area contributed by atoms with Gasteiger partial charge in [0.25, 0.3) is 0 Å². The van der Waals surface area contributed by atoms with Crippen molar-refractivity contribution >= 4 is 21.6 Å². The summed E-state index contributed by atoms with van der Waals surface area (Å²) in [5.74, 6) is 0.756. The predicted molar refractivity (Wildman–Crippen MR) is 110 cm³/mol. The van der Waals surface area contributed by atoms with E-state index in [-0.39, 0.29) is 0 Å². The summed E-state index contributed by atoms with van der Waals surface area (Å²) in [5, 5.41) is 8.57. The fourth-order valence-corrected chi connectivity index (χ4v) is 5.76. The van der Waals surface area contributed by atoms with Crippen LogP contribution in [-0.4, -0.2) is 16.3 Å². The quantitative estimate of drug-likeness (QED) is 0.674. The van der Waals surface area contributed by atoms with Gasteiger partial charge in [-0.2, -0.15) is 5.10 Å². The van der Waals surface area contributed by atoms with Gasteiger partial charge in [0, 0.05) is 40.8 Å². The second-order valence-electron chi connectivity index (χ2n) is 9.00. The van der Waals surface area contributed by atoms with E-state index in [1.165, 1.54) is 68.4 Å². The van der Waals surface area contributed by atoms with Crippen molar-refractivity contribution < 1.29 is 0 Å². The number of rotatable bonds is 5. The summed E-state index contributed by atoms with van der Waals surface area (Å²) in [7, 11) is 2.17. The van der Waals surface area contributed by atoms with Gasteiger partial charge in [-0.15, -0.1) is 0 Å². The predicted octanol–water partition coefficient (Wildman–Crippen LogP) is 5.76. The minimum atomic E-state index is 0.395. The monoisotopic (exact) mass is 413 g/mol. The summed E-state index contributed by atoms with van der Waals surface area (Å²) in [4.78, 5) is 0. The van der Waals surface area contributed by atoms with Crippen molar-refractivity contribution in [2.75, 3.05) is 11.9 Å². The Kier molecular flexibility index (Phi) is 3.97. The average Bonchev–Trinajstić information content (AvgIpc) is 3.44. The Balaban J connectivity index is 1.29. The van der Waals surface area contributed by atoms with Gasteiger partial charge in [-0.25, -0.2) is 0 Å². The number of aryl methyl sites for hydroxylation is 1. The van der Waals surface area contributed by atoms with Gasteiger partial charge >= 0.3 is 0 Å². The Morgan fingerprint density at radius 1 is 1.12 bits per heavy atom. The van der Waals surface area contributed by atoms with E-state index in [9.17, 15) is 0 Å². The summed E-state index contributed by atoms with van der Waals surface area (Å²) in [6.45, 7) is 1.11. The molecule has 3 nitrogen and oxygen atoms in total. The molecule has 6 rings (SSSR count). The molecule has 4 saturated carbocycles. The lowest BCUT2D eigenvalue weighted by Crippen LogP contribution is -2.47. The summed E-state index contributed by atoms with van der Waals surface area (Å²) < 4.78 is 3.36. The van der Waals surface area contributed by atoms with Crippen LogP contribution in [0.2, 0.25) is 0 Å². The summed E-state index contributed by atoms with van der Waals surface area (Å²) in [6.07, 6.45) is 10.7. The number of fused-ring (bicyclic) bond motifs is 3. The molecule has 1 aromatic carbocycles. The molecule has 4 heteroatoms. The lowest BCUT2D eigenvalue weighted by atomic mass is 9.52. The minimum absolute atomic E-state index is 0.395. The average molecular weight is 414 g/mol. The van der Waals surface area contributed by atoms with Crippen LogP contribution in [-0.2, 0) is 12.5 Å². The first-order chi connectivity index (χ1) is 12.6. The highest BCUT2D eigenvalue weighted by Gasteiger charge is 2.50. The zero-order valence-corrected chi connectivity index (χ0v) is 17.2. The molecule has 0 spiro atoms. The Bertz CT molecular complexity index is 796. The number of nitrogens with one attached hydrogen (secondary N) is 1. The normalized spacial score (nSPS) is 30.5. The van der Waals surface area contributed by atoms with Gasteiger partial charge in [-0.1, -0.05) is 22.0 Å². The van der Waals surface area contributed by atoms with Gasteiger partial charge in [0.15, 0.2) is 0 Å². The molecule has 0 atom stereocenters. The standard InChI is InChI=1S/C22H28BrN3/c1-26-20(14-19(25-26)16-5-6-16)22-10-7-21(8-11-22,9-12-22)15-24-18-4-2-3-17(23)13-18/h2-4,13-14,16,24H,5-12,15H2,1H3. The molecule has 0 unspecified atom stereocenters. The number of benzene rings is 1. The van der Waals surface area contributed by atoms with Crippen molar-refractivity contribution in [1.82, 2.24) is 9.78 Å². The van der Waals surface area contributed by atoms with Gasteiger partial charge in [-0.05, 0) is 81.0 Å². The number of hydrogen-bond donors (Lipinski definition) is 1. The molecule has 138 valence electrons. The van der Waals surface area contributed by atoms with Gasteiger partial charge < -0.3 is 5.32 Å². The topological polar surface area (TPSA) is 29.9 Å². The Morgan fingerprint density at radius 3 is 2.50 bits per heavy atom. The maximum atomic E-state index is 4.86. The van der Waals surface area contributed by atoms with E-state index in [1.807, 2.05) is 0 Å². The number of anilines is 1. The van der Waals surface area contributed by atoms with Crippen LogP contribution in [0.5, 0.6) is 0 Å². The highest BCUT2D eigenvalue weighted by molar-refractivity contribution is 9.10. The molecule has 0 amide bonds. The highest BCUT2D eigenvalue weighted by atomic mass is 79.9. The molecular weight excluding hydrogens is 386 g/mol. The van der Waals surface area contributed by atoms with Crippen LogP contribution in [0.4, 0.5) is 5.69 Å². The van der Waals surface area contributed by atoms with Crippen LogP contribution >= 0.6 is 15.9 Å². The third kappa shape index (κ3) is 2.90. The molecular formula is C22H28BrN3. The fraction of sp³-hybridized carbons (Fsp3) is 0.591. The number of nitrogens with zero attached hydrogens (tertiary/aromatic N) is 2. The smallest absolute Gasteiger partial charge is 0.0658 e.